The van der Waals surface area contributed by atoms with Gasteiger partial charge in [0.1, 0.15) is 23.6 Å². The Hall–Kier alpha value is -3.74. The summed E-state index contributed by atoms with van der Waals surface area (Å²) in [6.07, 6.45) is 3.34. The van der Waals surface area contributed by atoms with Gasteiger partial charge in [-0.2, -0.15) is 0 Å². The second-order valence-electron chi connectivity index (χ2n) is 6.41. The summed E-state index contributed by atoms with van der Waals surface area (Å²) in [6, 6.07) is 14.9. The van der Waals surface area contributed by atoms with Crippen molar-refractivity contribution in [3.05, 3.63) is 84.1 Å². The Morgan fingerprint density at radius 1 is 1.04 bits per heavy atom. The Morgan fingerprint density at radius 3 is 2.54 bits per heavy atom. The molecule has 7 heteroatoms. The molecule has 28 heavy (non-hydrogen) atoms. The molecule has 6 nitrogen and oxygen atoms in total. The van der Waals surface area contributed by atoms with Crippen molar-refractivity contribution in [1.29, 1.82) is 0 Å². The highest BCUT2D eigenvalue weighted by Gasteiger charge is 2.11. The van der Waals surface area contributed by atoms with Crippen LogP contribution in [0.4, 0.5) is 15.9 Å². The smallest absolute Gasteiger partial charge is 0.255 e. The zero-order valence-corrected chi connectivity index (χ0v) is 15.1. The van der Waals surface area contributed by atoms with Crippen LogP contribution in [-0.4, -0.2) is 20.9 Å². The predicted molar refractivity (Wildman–Crippen MR) is 107 cm³/mol. The average Bonchev–Trinajstić information content (AvgIpc) is 3.19. The van der Waals surface area contributed by atoms with E-state index in [9.17, 15) is 9.18 Å². The van der Waals surface area contributed by atoms with Crippen LogP contribution < -0.4 is 10.6 Å². The topological polar surface area (TPSA) is 82.7 Å². The number of carbonyl (C=O) groups is 1. The van der Waals surface area contributed by atoms with Gasteiger partial charge in [0, 0.05) is 23.5 Å². The molecule has 2 aromatic carbocycles. The van der Waals surface area contributed by atoms with Crippen molar-refractivity contribution >= 4 is 28.4 Å². The Bertz CT molecular complexity index is 1110. The lowest BCUT2D eigenvalue weighted by molar-refractivity contribution is 0.102. The largest absolute Gasteiger partial charge is 0.363 e. The van der Waals surface area contributed by atoms with E-state index in [0.29, 0.717) is 11.3 Å². The van der Waals surface area contributed by atoms with Crippen LogP contribution >= 0.6 is 0 Å². The summed E-state index contributed by atoms with van der Waals surface area (Å²) in [7, 11) is 0. The fourth-order valence-corrected chi connectivity index (χ4v) is 2.94. The van der Waals surface area contributed by atoms with Crippen LogP contribution in [0, 0.1) is 5.82 Å². The molecule has 0 saturated carbocycles. The van der Waals surface area contributed by atoms with Crippen molar-refractivity contribution in [2.45, 2.75) is 13.0 Å². The van der Waals surface area contributed by atoms with Crippen LogP contribution in [0.15, 0.2) is 67.1 Å². The predicted octanol–water partition coefficient (Wildman–Crippen LogP) is 4.52. The first-order valence-corrected chi connectivity index (χ1v) is 8.81. The zero-order chi connectivity index (χ0) is 19.5. The number of anilines is 2. The van der Waals surface area contributed by atoms with Crippen LogP contribution in [0.5, 0.6) is 0 Å². The maximum atomic E-state index is 13.0. The Morgan fingerprint density at radius 2 is 1.79 bits per heavy atom. The lowest BCUT2D eigenvalue weighted by Gasteiger charge is -2.16. The van der Waals surface area contributed by atoms with Gasteiger partial charge in [0.25, 0.3) is 5.91 Å². The van der Waals surface area contributed by atoms with E-state index >= 15 is 0 Å². The van der Waals surface area contributed by atoms with Crippen molar-refractivity contribution < 1.29 is 9.18 Å². The number of carbonyl (C=O) groups excluding carboxylic acids is 1. The van der Waals surface area contributed by atoms with E-state index in [4.69, 9.17) is 0 Å². The van der Waals surface area contributed by atoms with Crippen molar-refractivity contribution in [2.75, 3.05) is 10.6 Å². The number of nitrogens with zero attached hydrogens (tertiary/aromatic N) is 2. The quantitative estimate of drug-likeness (QED) is 0.479. The van der Waals surface area contributed by atoms with Gasteiger partial charge in [0.05, 0.1) is 5.39 Å². The number of benzene rings is 2. The number of nitrogens with one attached hydrogen (secondary N) is 3. The molecule has 4 aromatic rings. The van der Waals surface area contributed by atoms with E-state index in [-0.39, 0.29) is 17.8 Å². The van der Waals surface area contributed by atoms with E-state index < -0.39 is 0 Å². The molecule has 1 atom stereocenters. The van der Waals surface area contributed by atoms with E-state index in [2.05, 4.69) is 25.6 Å². The lowest BCUT2D eigenvalue weighted by Crippen LogP contribution is -2.12. The van der Waals surface area contributed by atoms with Crippen LogP contribution in [0.2, 0.25) is 0 Å². The molecular formula is C21H18FN5O. The minimum atomic E-state index is -0.372. The van der Waals surface area contributed by atoms with Crippen LogP contribution in [-0.2, 0) is 0 Å². The average molecular weight is 375 g/mol. The highest BCUT2D eigenvalue weighted by atomic mass is 19.1. The third-order valence-electron chi connectivity index (χ3n) is 4.48. The highest BCUT2D eigenvalue weighted by molar-refractivity contribution is 6.04. The molecule has 0 aliphatic rings. The van der Waals surface area contributed by atoms with Gasteiger partial charge in [-0.1, -0.05) is 12.1 Å². The number of aromatic nitrogens is 3. The van der Waals surface area contributed by atoms with E-state index in [1.54, 1.807) is 0 Å². The van der Waals surface area contributed by atoms with E-state index in [1.807, 2.05) is 43.5 Å². The third-order valence-corrected chi connectivity index (χ3v) is 4.48. The molecule has 0 aliphatic heterocycles. The van der Waals surface area contributed by atoms with E-state index in [0.717, 1.165) is 22.4 Å². The van der Waals surface area contributed by atoms with Gasteiger partial charge in [0.15, 0.2) is 0 Å². The standard InChI is InChI=1S/C21H18FN5O/c1-13(26-20-18-10-11-23-19(18)24-12-25-20)14-4-8-17(9-5-14)27-21(28)15-2-6-16(22)7-3-15/h2-13H,1H3,(H,27,28)(H2,23,24,25,26). The third kappa shape index (κ3) is 3.68. The van der Waals surface area contributed by atoms with Gasteiger partial charge in [-0.3, -0.25) is 4.79 Å². The summed E-state index contributed by atoms with van der Waals surface area (Å²) in [4.78, 5) is 23.8. The lowest BCUT2D eigenvalue weighted by atomic mass is 10.1. The first kappa shape index (κ1) is 17.7. The minimum Gasteiger partial charge on any atom is -0.363 e. The summed E-state index contributed by atoms with van der Waals surface area (Å²) < 4.78 is 13.0. The summed E-state index contributed by atoms with van der Waals surface area (Å²) in [5.41, 5.74) is 2.89. The number of hydrogen-bond donors (Lipinski definition) is 3. The molecule has 3 N–H and O–H groups in total. The fraction of sp³-hybridized carbons (Fsp3) is 0.0952. The van der Waals surface area contributed by atoms with Crippen molar-refractivity contribution in [3.63, 3.8) is 0 Å². The number of halogens is 1. The molecule has 0 radical (unpaired) electrons. The van der Waals surface area contributed by atoms with Crippen molar-refractivity contribution in [2.24, 2.45) is 0 Å². The maximum Gasteiger partial charge on any atom is 0.255 e. The highest BCUT2D eigenvalue weighted by Crippen LogP contribution is 2.24. The van der Waals surface area contributed by atoms with Gasteiger partial charge in [-0.15, -0.1) is 0 Å². The van der Waals surface area contributed by atoms with Gasteiger partial charge in [0.2, 0.25) is 0 Å². The molecule has 0 saturated heterocycles. The Labute approximate surface area is 160 Å². The Kier molecular flexibility index (Phi) is 4.72. The number of H-pyrrole nitrogens is 1. The normalized spacial score (nSPS) is 11.9. The number of rotatable bonds is 5. The van der Waals surface area contributed by atoms with Crippen LogP contribution in [0.1, 0.15) is 28.9 Å². The molecule has 140 valence electrons. The zero-order valence-electron chi connectivity index (χ0n) is 15.1. The summed E-state index contributed by atoms with van der Waals surface area (Å²) in [5, 5.41) is 7.12. The molecular weight excluding hydrogens is 357 g/mol. The number of aromatic amines is 1. The van der Waals surface area contributed by atoms with Crippen molar-refractivity contribution in [3.8, 4) is 0 Å². The molecule has 0 spiro atoms. The SMILES string of the molecule is CC(Nc1ncnc2[nH]ccc12)c1ccc(NC(=O)c2ccc(F)cc2)cc1. The fourth-order valence-electron chi connectivity index (χ4n) is 2.94. The number of fused-ring (bicyclic) bond motifs is 1. The van der Waals surface area contributed by atoms with Crippen LogP contribution in [0.3, 0.4) is 0 Å². The minimum absolute atomic E-state index is 0.00912. The monoisotopic (exact) mass is 375 g/mol. The maximum absolute atomic E-state index is 13.0. The molecule has 1 unspecified atom stereocenters. The summed E-state index contributed by atoms with van der Waals surface area (Å²) in [5.74, 6) is 0.102. The molecule has 4 rings (SSSR count). The van der Waals surface area contributed by atoms with Crippen LogP contribution in [0.25, 0.3) is 11.0 Å². The summed E-state index contributed by atoms with van der Waals surface area (Å²) in [6.45, 7) is 2.03. The second kappa shape index (κ2) is 7.48. The van der Waals surface area contributed by atoms with E-state index in [1.165, 1.54) is 30.6 Å². The van der Waals surface area contributed by atoms with Gasteiger partial charge in [-0.25, -0.2) is 14.4 Å². The first-order chi connectivity index (χ1) is 13.6. The van der Waals surface area contributed by atoms with Crippen molar-refractivity contribution in [1.82, 2.24) is 15.0 Å². The molecule has 0 aliphatic carbocycles. The molecule has 1 amide bonds. The number of hydrogen-bond acceptors (Lipinski definition) is 4. The van der Waals surface area contributed by atoms with Gasteiger partial charge in [-0.05, 0) is 55.0 Å². The van der Waals surface area contributed by atoms with Gasteiger partial charge < -0.3 is 15.6 Å². The molecule has 0 bridgehead atoms. The summed E-state index contributed by atoms with van der Waals surface area (Å²) >= 11 is 0. The first-order valence-electron chi connectivity index (χ1n) is 8.81. The number of amides is 1. The second-order valence-corrected chi connectivity index (χ2v) is 6.41. The Balaban J connectivity index is 1.44. The molecule has 2 heterocycles. The van der Waals surface area contributed by atoms with Gasteiger partial charge >= 0.3 is 0 Å². The molecule has 2 aromatic heterocycles. The molecule has 0 fully saturated rings.